The van der Waals surface area contributed by atoms with Gasteiger partial charge in [0.15, 0.2) is 6.23 Å². The third kappa shape index (κ3) is 4.41. The number of nitrogens with zero attached hydrogens (tertiary/aromatic N) is 6. The second-order valence-corrected chi connectivity index (χ2v) is 8.77. The van der Waals surface area contributed by atoms with E-state index in [0.29, 0.717) is 49.0 Å². The highest BCUT2D eigenvalue weighted by atomic mass is 35.5. The second-order valence-electron chi connectivity index (χ2n) is 8.38. The Morgan fingerprint density at radius 2 is 2.09 bits per heavy atom. The number of hydrogen-bond donors (Lipinski definition) is 0. The molecule has 0 radical (unpaired) electrons. The first-order valence-electron chi connectivity index (χ1n) is 11.0. The summed E-state index contributed by atoms with van der Waals surface area (Å²) in [4.78, 5) is 6.42. The van der Waals surface area contributed by atoms with Crippen molar-refractivity contribution < 1.29 is 22.6 Å². The smallest absolute Gasteiger partial charge is 0.377 e. The lowest BCUT2D eigenvalue weighted by Crippen LogP contribution is -2.44. The quantitative estimate of drug-likeness (QED) is 0.510. The molecule has 3 aromatic rings. The van der Waals surface area contributed by atoms with Crippen LogP contribution in [0.5, 0.6) is 0 Å². The Bertz CT molecular complexity index is 1140. The van der Waals surface area contributed by atoms with Crippen LogP contribution in [0.2, 0.25) is 5.15 Å². The van der Waals surface area contributed by atoms with Crippen molar-refractivity contribution in [1.82, 2.24) is 24.5 Å². The van der Waals surface area contributed by atoms with Gasteiger partial charge in [-0.2, -0.15) is 23.4 Å². The van der Waals surface area contributed by atoms with Crippen molar-refractivity contribution in [3.63, 3.8) is 0 Å². The SMILES string of the molecule is C[C@@H]1COCCN1c1cc(Cl)nc2c(-c3ccnn3C3CCCCO3)nn(CC(F)(F)F)c12. The minimum atomic E-state index is -4.46. The fourth-order valence-electron chi connectivity index (χ4n) is 4.54. The number of hydrogen-bond acceptors (Lipinski definition) is 6. The maximum Gasteiger partial charge on any atom is 0.408 e. The highest BCUT2D eigenvalue weighted by molar-refractivity contribution is 6.30. The van der Waals surface area contributed by atoms with Gasteiger partial charge in [0, 0.05) is 31.5 Å². The molecular formula is C21H24ClF3N6O2. The molecule has 0 aromatic carbocycles. The highest BCUT2D eigenvalue weighted by Crippen LogP contribution is 2.38. The summed E-state index contributed by atoms with van der Waals surface area (Å²) in [6.45, 7) is 2.78. The summed E-state index contributed by atoms with van der Waals surface area (Å²) in [6, 6.07) is 3.28. The number of anilines is 1. The topological polar surface area (TPSA) is 70.2 Å². The largest absolute Gasteiger partial charge is 0.408 e. The Kier molecular flexibility index (Phi) is 5.96. The van der Waals surface area contributed by atoms with Gasteiger partial charge in [-0.05, 0) is 32.3 Å². The van der Waals surface area contributed by atoms with E-state index in [1.165, 1.54) is 0 Å². The molecular weight excluding hydrogens is 461 g/mol. The summed E-state index contributed by atoms with van der Waals surface area (Å²) < 4.78 is 54.7. The van der Waals surface area contributed by atoms with Crippen LogP contribution in [0.1, 0.15) is 32.4 Å². The average Bonchev–Trinajstić information content (AvgIpc) is 3.38. The van der Waals surface area contributed by atoms with Crippen molar-refractivity contribution >= 4 is 28.3 Å². The monoisotopic (exact) mass is 484 g/mol. The predicted molar refractivity (Wildman–Crippen MR) is 116 cm³/mol. The third-order valence-electron chi connectivity index (χ3n) is 5.99. The fourth-order valence-corrected chi connectivity index (χ4v) is 4.73. The number of morpholine rings is 1. The number of pyridine rings is 1. The van der Waals surface area contributed by atoms with E-state index in [9.17, 15) is 13.2 Å². The van der Waals surface area contributed by atoms with Gasteiger partial charge < -0.3 is 14.4 Å². The molecule has 0 bridgehead atoms. The molecule has 1 unspecified atom stereocenters. The first-order chi connectivity index (χ1) is 15.8. The van der Waals surface area contributed by atoms with Crippen molar-refractivity contribution in [1.29, 1.82) is 0 Å². The molecule has 2 saturated heterocycles. The number of rotatable bonds is 4. The molecule has 0 N–H and O–H groups in total. The van der Waals surface area contributed by atoms with E-state index < -0.39 is 12.7 Å². The van der Waals surface area contributed by atoms with Crippen LogP contribution < -0.4 is 4.90 Å². The molecule has 178 valence electrons. The predicted octanol–water partition coefficient (Wildman–Crippen LogP) is 4.43. The maximum atomic E-state index is 13.5. The molecule has 2 atom stereocenters. The molecule has 3 aromatic heterocycles. The summed E-state index contributed by atoms with van der Waals surface area (Å²) in [6.07, 6.45) is -0.455. The maximum absolute atomic E-state index is 13.5. The van der Waals surface area contributed by atoms with Gasteiger partial charge in [-0.25, -0.2) is 9.67 Å². The van der Waals surface area contributed by atoms with Gasteiger partial charge in [-0.3, -0.25) is 4.68 Å². The van der Waals surface area contributed by atoms with E-state index in [1.807, 2.05) is 11.8 Å². The zero-order chi connectivity index (χ0) is 23.2. The number of halogens is 4. The zero-order valence-electron chi connectivity index (χ0n) is 18.1. The van der Waals surface area contributed by atoms with Gasteiger partial charge >= 0.3 is 6.18 Å². The number of fused-ring (bicyclic) bond motifs is 1. The Morgan fingerprint density at radius 1 is 1.24 bits per heavy atom. The first kappa shape index (κ1) is 22.4. The lowest BCUT2D eigenvalue weighted by atomic mass is 10.1. The van der Waals surface area contributed by atoms with Crippen molar-refractivity contribution in [2.45, 2.75) is 51.2 Å². The Balaban J connectivity index is 1.70. The normalized spacial score (nSPS) is 22.3. The van der Waals surface area contributed by atoms with Gasteiger partial charge in [-0.15, -0.1) is 0 Å². The molecule has 0 saturated carbocycles. The average molecular weight is 485 g/mol. The fraction of sp³-hybridized carbons (Fsp3) is 0.571. The summed E-state index contributed by atoms with van der Waals surface area (Å²) in [5.41, 5.74) is 1.99. The molecule has 2 fully saturated rings. The molecule has 0 spiro atoms. The third-order valence-corrected chi connectivity index (χ3v) is 6.19. The van der Waals surface area contributed by atoms with Crippen molar-refractivity contribution in [3.8, 4) is 11.4 Å². The van der Waals surface area contributed by atoms with Crippen LogP contribution in [0.15, 0.2) is 18.3 Å². The van der Waals surface area contributed by atoms with Crippen LogP contribution in [0, 0.1) is 0 Å². The second kappa shape index (κ2) is 8.77. The molecule has 8 nitrogen and oxygen atoms in total. The number of aromatic nitrogens is 5. The lowest BCUT2D eigenvalue weighted by Gasteiger charge is -2.35. The molecule has 5 heterocycles. The molecule has 0 amide bonds. The number of alkyl halides is 3. The van der Waals surface area contributed by atoms with Gasteiger partial charge in [0.1, 0.15) is 28.4 Å². The van der Waals surface area contributed by atoms with Gasteiger partial charge in [-0.1, -0.05) is 11.6 Å². The van der Waals surface area contributed by atoms with E-state index in [2.05, 4.69) is 15.2 Å². The van der Waals surface area contributed by atoms with Crippen LogP contribution in [0.25, 0.3) is 22.4 Å². The number of ether oxygens (including phenoxy) is 2. The van der Waals surface area contributed by atoms with Crippen LogP contribution in [-0.2, 0) is 16.0 Å². The van der Waals surface area contributed by atoms with E-state index in [0.717, 1.165) is 23.9 Å². The molecule has 2 aliphatic rings. The van der Waals surface area contributed by atoms with Crippen LogP contribution in [-0.4, -0.2) is 63.1 Å². The van der Waals surface area contributed by atoms with Crippen molar-refractivity contribution in [2.75, 3.05) is 31.3 Å². The molecule has 5 rings (SSSR count). The van der Waals surface area contributed by atoms with Crippen LogP contribution in [0.3, 0.4) is 0 Å². The Hall–Kier alpha value is -2.37. The lowest BCUT2D eigenvalue weighted by molar-refractivity contribution is -0.141. The van der Waals surface area contributed by atoms with Crippen LogP contribution >= 0.6 is 11.6 Å². The first-order valence-corrected chi connectivity index (χ1v) is 11.3. The van der Waals surface area contributed by atoms with E-state index in [1.54, 1.807) is 23.0 Å². The van der Waals surface area contributed by atoms with Gasteiger partial charge in [0.2, 0.25) is 0 Å². The molecule has 12 heteroatoms. The summed E-state index contributed by atoms with van der Waals surface area (Å²) >= 11 is 6.38. The standard InChI is InChI=1S/C21H24ClF3N6O2/c1-13-11-32-9-7-29(13)15-10-16(22)27-19-18(28-30(20(15)19)12-21(23,24)25)14-5-6-26-31(14)17-4-2-3-8-33-17/h5-6,10,13,17H,2-4,7-9,11-12H2,1H3/t13-,17?/m1/s1. The summed E-state index contributed by atoms with van der Waals surface area (Å²) in [7, 11) is 0. The van der Waals surface area contributed by atoms with E-state index in [4.69, 9.17) is 21.1 Å². The van der Waals surface area contributed by atoms with Crippen molar-refractivity contribution in [2.24, 2.45) is 0 Å². The molecule has 33 heavy (non-hydrogen) atoms. The minimum absolute atomic E-state index is 0.0423. The molecule has 2 aliphatic heterocycles. The minimum Gasteiger partial charge on any atom is -0.377 e. The zero-order valence-corrected chi connectivity index (χ0v) is 18.8. The van der Waals surface area contributed by atoms with Gasteiger partial charge in [0.25, 0.3) is 0 Å². The van der Waals surface area contributed by atoms with E-state index in [-0.39, 0.29) is 22.9 Å². The molecule has 0 aliphatic carbocycles. The summed E-state index contributed by atoms with van der Waals surface area (Å²) in [5, 5.41) is 8.97. The van der Waals surface area contributed by atoms with Gasteiger partial charge in [0.05, 0.1) is 24.6 Å². The summed E-state index contributed by atoms with van der Waals surface area (Å²) in [5.74, 6) is 0. The highest BCUT2D eigenvalue weighted by Gasteiger charge is 2.34. The van der Waals surface area contributed by atoms with Crippen molar-refractivity contribution in [3.05, 3.63) is 23.5 Å². The Morgan fingerprint density at radius 3 is 2.82 bits per heavy atom. The van der Waals surface area contributed by atoms with E-state index >= 15 is 0 Å². The Labute approximate surface area is 193 Å². The van der Waals surface area contributed by atoms with Crippen LogP contribution in [0.4, 0.5) is 18.9 Å².